The summed E-state index contributed by atoms with van der Waals surface area (Å²) in [4.78, 5) is 11.9. The van der Waals surface area contributed by atoms with Crippen LogP contribution in [0.4, 0.5) is 27.6 Å². The molecule has 0 spiro atoms. The molecule has 0 aliphatic heterocycles. The lowest BCUT2D eigenvalue weighted by atomic mass is 10.2. The molecule has 0 saturated carbocycles. The van der Waals surface area contributed by atoms with E-state index in [-0.39, 0.29) is 17.0 Å². The largest absolute Gasteiger partial charge is 0.435 e. The van der Waals surface area contributed by atoms with Crippen LogP contribution < -0.4 is 15.6 Å². The Kier molecular flexibility index (Phi) is 5.22. The maximum Gasteiger partial charge on any atom is 0.418 e. The highest BCUT2D eigenvalue weighted by Crippen LogP contribution is 2.34. The summed E-state index contributed by atoms with van der Waals surface area (Å²) in [5.41, 5.74) is 3.09. The summed E-state index contributed by atoms with van der Waals surface area (Å²) in [6.45, 7) is -3.00. The Morgan fingerprint density at radius 2 is 1.62 bits per heavy atom. The van der Waals surface area contributed by atoms with E-state index in [1.165, 1.54) is 24.3 Å². The van der Waals surface area contributed by atoms with Crippen LogP contribution in [0.25, 0.3) is 0 Å². The lowest BCUT2D eigenvalue weighted by molar-refractivity contribution is -0.137. The maximum absolute atomic E-state index is 12.8. The van der Waals surface area contributed by atoms with Crippen molar-refractivity contribution in [3.63, 3.8) is 0 Å². The highest BCUT2D eigenvalue weighted by molar-refractivity contribution is 5.95. The number of carbonyl (C=O) groups is 1. The first-order valence-electron chi connectivity index (χ1n) is 6.55. The molecule has 0 saturated heterocycles. The number of nitrogens with one attached hydrogen (secondary N) is 2. The molecule has 1 amide bonds. The number of carbonyl (C=O) groups excluding carboxylic acids is 1. The average molecular weight is 346 g/mol. The number of para-hydroxylation sites is 1. The molecule has 0 heterocycles. The van der Waals surface area contributed by atoms with E-state index in [4.69, 9.17) is 0 Å². The Hall–Kier alpha value is -2.84. The van der Waals surface area contributed by atoms with Crippen LogP contribution in [-0.4, -0.2) is 12.5 Å². The average Bonchev–Trinajstić information content (AvgIpc) is 2.52. The molecule has 2 N–H and O–H groups in total. The standard InChI is InChI=1S/C15H11F5N2O2/c16-14(17)24-10-7-5-9(6-8-10)13(23)22-21-12-4-2-1-3-11(12)15(18,19)20/h1-8,14,21H,(H,22,23). The van der Waals surface area contributed by atoms with Crippen molar-refractivity contribution < 1.29 is 31.5 Å². The van der Waals surface area contributed by atoms with Gasteiger partial charge < -0.3 is 4.74 Å². The van der Waals surface area contributed by atoms with Gasteiger partial charge in [-0.3, -0.25) is 15.6 Å². The molecule has 24 heavy (non-hydrogen) atoms. The zero-order valence-corrected chi connectivity index (χ0v) is 11.9. The number of ether oxygens (including phenoxy) is 1. The maximum atomic E-state index is 12.8. The minimum absolute atomic E-state index is 0.0496. The number of hydrogen-bond acceptors (Lipinski definition) is 3. The number of rotatable bonds is 5. The van der Waals surface area contributed by atoms with Crippen LogP contribution >= 0.6 is 0 Å². The summed E-state index contributed by atoms with van der Waals surface area (Å²) in [5.74, 6) is -0.882. The number of alkyl halides is 5. The smallest absolute Gasteiger partial charge is 0.418 e. The molecule has 2 aromatic carbocycles. The van der Waals surface area contributed by atoms with E-state index >= 15 is 0 Å². The number of amides is 1. The van der Waals surface area contributed by atoms with Crippen LogP contribution in [0.2, 0.25) is 0 Å². The van der Waals surface area contributed by atoms with Crippen LogP contribution in [0.5, 0.6) is 5.75 Å². The topological polar surface area (TPSA) is 50.4 Å². The van der Waals surface area contributed by atoms with E-state index in [0.717, 1.165) is 24.3 Å². The molecule has 9 heteroatoms. The first kappa shape index (κ1) is 17.5. The predicted octanol–water partition coefficient (Wildman–Crippen LogP) is 4.06. The van der Waals surface area contributed by atoms with Crippen molar-refractivity contribution in [1.82, 2.24) is 5.43 Å². The molecule has 0 aliphatic carbocycles. The summed E-state index contributed by atoms with van der Waals surface area (Å²) >= 11 is 0. The lowest BCUT2D eigenvalue weighted by Crippen LogP contribution is -2.30. The minimum Gasteiger partial charge on any atom is -0.435 e. The van der Waals surface area contributed by atoms with Crippen molar-refractivity contribution in [2.24, 2.45) is 0 Å². The first-order chi connectivity index (χ1) is 11.3. The molecule has 4 nitrogen and oxygen atoms in total. The number of benzene rings is 2. The Balaban J connectivity index is 2.04. The van der Waals surface area contributed by atoms with Gasteiger partial charge in [-0.25, -0.2) is 0 Å². The molecule has 0 atom stereocenters. The molecule has 0 aromatic heterocycles. The fourth-order valence-electron chi connectivity index (χ4n) is 1.82. The Labute approximate surface area is 133 Å². The summed E-state index contributed by atoms with van der Waals surface area (Å²) < 4.78 is 66.6. The van der Waals surface area contributed by atoms with E-state index in [1.807, 2.05) is 0 Å². The van der Waals surface area contributed by atoms with E-state index in [9.17, 15) is 26.7 Å². The normalized spacial score (nSPS) is 11.2. The third-order valence-electron chi connectivity index (χ3n) is 2.88. The fraction of sp³-hybridized carbons (Fsp3) is 0.133. The van der Waals surface area contributed by atoms with E-state index in [2.05, 4.69) is 15.6 Å². The van der Waals surface area contributed by atoms with Crippen LogP contribution in [0, 0.1) is 0 Å². The molecule has 0 radical (unpaired) electrons. The molecule has 0 aliphatic rings. The van der Waals surface area contributed by atoms with Crippen molar-refractivity contribution in [2.45, 2.75) is 12.8 Å². The molecular formula is C15H11F5N2O2. The van der Waals surface area contributed by atoms with Crippen molar-refractivity contribution in [3.05, 3.63) is 59.7 Å². The fourth-order valence-corrected chi connectivity index (χ4v) is 1.82. The van der Waals surface area contributed by atoms with Crippen LogP contribution in [-0.2, 0) is 6.18 Å². The number of halogens is 5. The first-order valence-corrected chi connectivity index (χ1v) is 6.55. The summed E-state index contributed by atoms with van der Waals surface area (Å²) in [5, 5.41) is 0. The Morgan fingerprint density at radius 1 is 1.00 bits per heavy atom. The minimum atomic E-state index is -4.58. The monoisotopic (exact) mass is 346 g/mol. The summed E-state index contributed by atoms with van der Waals surface area (Å²) in [7, 11) is 0. The summed E-state index contributed by atoms with van der Waals surface area (Å²) in [6.07, 6.45) is -4.58. The predicted molar refractivity (Wildman–Crippen MR) is 75.6 cm³/mol. The third-order valence-corrected chi connectivity index (χ3v) is 2.88. The quantitative estimate of drug-likeness (QED) is 0.634. The highest BCUT2D eigenvalue weighted by Gasteiger charge is 2.33. The van der Waals surface area contributed by atoms with Crippen molar-refractivity contribution in [3.8, 4) is 5.75 Å². The van der Waals surface area contributed by atoms with E-state index < -0.39 is 24.3 Å². The second-order valence-corrected chi connectivity index (χ2v) is 4.53. The van der Waals surface area contributed by atoms with Crippen molar-refractivity contribution in [2.75, 3.05) is 5.43 Å². The van der Waals surface area contributed by atoms with Crippen molar-refractivity contribution >= 4 is 11.6 Å². The molecular weight excluding hydrogens is 335 g/mol. The molecule has 0 bridgehead atoms. The number of hydrogen-bond donors (Lipinski definition) is 2. The molecule has 2 rings (SSSR count). The van der Waals surface area contributed by atoms with Crippen LogP contribution in [0.3, 0.4) is 0 Å². The van der Waals surface area contributed by atoms with Gasteiger partial charge in [-0.2, -0.15) is 22.0 Å². The van der Waals surface area contributed by atoms with Gasteiger partial charge in [0.15, 0.2) is 0 Å². The van der Waals surface area contributed by atoms with Gasteiger partial charge >= 0.3 is 12.8 Å². The van der Waals surface area contributed by atoms with Gasteiger partial charge in [0, 0.05) is 5.56 Å². The van der Waals surface area contributed by atoms with Gasteiger partial charge in [-0.05, 0) is 36.4 Å². The van der Waals surface area contributed by atoms with Crippen molar-refractivity contribution in [1.29, 1.82) is 0 Å². The lowest BCUT2D eigenvalue weighted by Gasteiger charge is -2.15. The third kappa shape index (κ3) is 4.58. The second kappa shape index (κ2) is 7.16. The second-order valence-electron chi connectivity index (χ2n) is 4.53. The number of hydrazine groups is 1. The molecule has 128 valence electrons. The van der Waals surface area contributed by atoms with Gasteiger partial charge in [0.25, 0.3) is 5.91 Å². The Morgan fingerprint density at radius 3 is 2.21 bits per heavy atom. The zero-order valence-electron chi connectivity index (χ0n) is 11.9. The van der Waals surface area contributed by atoms with Gasteiger partial charge in [0.05, 0.1) is 11.3 Å². The highest BCUT2D eigenvalue weighted by atomic mass is 19.4. The van der Waals surface area contributed by atoms with Gasteiger partial charge in [-0.15, -0.1) is 0 Å². The molecule has 0 fully saturated rings. The van der Waals surface area contributed by atoms with Gasteiger partial charge in [-0.1, -0.05) is 12.1 Å². The van der Waals surface area contributed by atoms with E-state index in [1.54, 1.807) is 0 Å². The molecule has 0 unspecified atom stereocenters. The summed E-state index contributed by atoms with van der Waals surface area (Å²) in [6, 6.07) is 9.30. The van der Waals surface area contributed by atoms with Crippen LogP contribution in [0.1, 0.15) is 15.9 Å². The SMILES string of the molecule is O=C(NNc1ccccc1C(F)(F)F)c1ccc(OC(F)F)cc1. The Bertz CT molecular complexity index is 702. The van der Waals surface area contributed by atoms with Gasteiger partial charge in [0.2, 0.25) is 0 Å². The number of anilines is 1. The van der Waals surface area contributed by atoms with Gasteiger partial charge in [0.1, 0.15) is 5.75 Å². The van der Waals surface area contributed by atoms with Crippen LogP contribution in [0.15, 0.2) is 48.5 Å². The van der Waals surface area contributed by atoms with E-state index in [0.29, 0.717) is 0 Å². The molecule has 2 aromatic rings. The zero-order chi connectivity index (χ0) is 17.7.